The average molecular weight is 323 g/mol. The summed E-state index contributed by atoms with van der Waals surface area (Å²) >= 11 is 0. The second-order valence-electron chi connectivity index (χ2n) is 7.45. The maximum absolute atomic E-state index is 12.6. The normalized spacial score (nSPS) is 13.7. The van der Waals surface area contributed by atoms with E-state index >= 15 is 0 Å². The fourth-order valence-electron chi connectivity index (χ4n) is 3.00. The number of nitrogens with zero attached hydrogens (tertiary/aromatic N) is 2. The third-order valence-corrected chi connectivity index (χ3v) is 4.52. The number of aryl methyl sites for hydroxylation is 1. The SMILES string of the molecule is CCC(CC)n1nc(C)cc1C(=O)NCC(C)(C)C(O)C(C)C. The molecule has 0 fully saturated rings. The summed E-state index contributed by atoms with van der Waals surface area (Å²) in [6.45, 7) is 14.5. The largest absolute Gasteiger partial charge is 0.392 e. The van der Waals surface area contributed by atoms with E-state index in [2.05, 4.69) is 24.3 Å². The maximum atomic E-state index is 12.6. The van der Waals surface area contributed by atoms with Gasteiger partial charge in [0.2, 0.25) is 0 Å². The van der Waals surface area contributed by atoms with E-state index in [1.165, 1.54) is 0 Å². The van der Waals surface area contributed by atoms with Crippen LogP contribution in [0.5, 0.6) is 0 Å². The van der Waals surface area contributed by atoms with Gasteiger partial charge in [0.05, 0.1) is 17.8 Å². The summed E-state index contributed by atoms with van der Waals surface area (Å²) < 4.78 is 1.84. The highest BCUT2D eigenvalue weighted by Crippen LogP contribution is 2.25. The maximum Gasteiger partial charge on any atom is 0.269 e. The lowest BCUT2D eigenvalue weighted by atomic mass is 9.80. The molecule has 2 N–H and O–H groups in total. The quantitative estimate of drug-likeness (QED) is 0.771. The number of hydrogen-bond acceptors (Lipinski definition) is 3. The van der Waals surface area contributed by atoms with Gasteiger partial charge in [-0.1, -0.05) is 41.5 Å². The minimum absolute atomic E-state index is 0.124. The smallest absolute Gasteiger partial charge is 0.269 e. The summed E-state index contributed by atoms with van der Waals surface area (Å²) in [5.74, 6) is 0.0285. The zero-order chi connectivity index (χ0) is 17.8. The van der Waals surface area contributed by atoms with Crippen molar-refractivity contribution in [3.05, 3.63) is 17.5 Å². The Kier molecular flexibility index (Phi) is 6.81. The number of amides is 1. The lowest BCUT2D eigenvalue weighted by molar-refractivity contribution is 0.0137. The second kappa shape index (κ2) is 7.95. The van der Waals surface area contributed by atoms with Crippen LogP contribution in [0.15, 0.2) is 6.07 Å². The molecule has 0 saturated carbocycles. The molecule has 1 atom stereocenters. The van der Waals surface area contributed by atoms with E-state index in [0.29, 0.717) is 12.2 Å². The van der Waals surface area contributed by atoms with Crippen LogP contribution in [0.2, 0.25) is 0 Å². The zero-order valence-corrected chi connectivity index (χ0v) is 15.7. The number of hydrogen-bond donors (Lipinski definition) is 2. The van der Waals surface area contributed by atoms with Crippen LogP contribution in [0.1, 0.15) is 76.6 Å². The van der Waals surface area contributed by atoms with Crippen LogP contribution in [0.25, 0.3) is 0 Å². The van der Waals surface area contributed by atoms with Gasteiger partial charge >= 0.3 is 0 Å². The first-order chi connectivity index (χ1) is 10.6. The van der Waals surface area contributed by atoms with Crippen molar-refractivity contribution in [3.8, 4) is 0 Å². The topological polar surface area (TPSA) is 67.2 Å². The van der Waals surface area contributed by atoms with Crippen LogP contribution in [-0.4, -0.2) is 33.4 Å². The van der Waals surface area contributed by atoms with Gasteiger partial charge in [0.15, 0.2) is 0 Å². The zero-order valence-electron chi connectivity index (χ0n) is 15.7. The molecule has 5 heteroatoms. The molecule has 0 aliphatic rings. The van der Waals surface area contributed by atoms with E-state index in [9.17, 15) is 9.90 Å². The molecule has 5 nitrogen and oxygen atoms in total. The monoisotopic (exact) mass is 323 g/mol. The van der Waals surface area contributed by atoms with Gasteiger partial charge in [-0.3, -0.25) is 9.48 Å². The minimum Gasteiger partial charge on any atom is -0.392 e. The predicted octanol–water partition coefficient (Wildman–Crippen LogP) is 3.33. The first-order valence-corrected chi connectivity index (χ1v) is 8.66. The molecular formula is C18H33N3O2. The Labute approximate surface area is 140 Å². The highest BCUT2D eigenvalue weighted by atomic mass is 16.3. The van der Waals surface area contributed by atoms with Gasteiger partial charge in [-0.2, -0.15) is 5.10 Å². The van der Waals surface area contributed by atoms with Crippen molar-refractivity contribution in [1.82, 2.24) is 15.1 Å². The Hall–Kier alpha value is -1.36. The average Bonchev–Trinajstić information content (AvgIpc) is 2.87. The molecule has 1 rings (SSSR count). The number of aliphatic hydroxyl groups is 1. The van der Waals surface area contributed by atoms with E-state index in [1.54, 1.807) is 0 Å². The Balaban J connectivity index is 2.87. The number of aromatic nitrogens is 2. The summed E-state index contributed by atoms with van der Waals surface area (Å²) in [5, 5.41) is 17.8. The van der Waals surface area contributed by atoms with Crippen LogP contribution in [0, 0.1) is 18.3 Å². The number of nitrogens with one attached hydrogen (secondary N) is 1. The number of rotatable bonds is 8. The standard InChI is InChI=1S/C18H33N3O2/c1-8-14(9-2)21-15(10-13(5)20-21)17(23)19-11-18(6,7)16(22)12(3)4/h10,12,14,16,22H,8-9,11H2,1-7H3,(H,19,23). The molecule has 1 aromatic heterocycles. The second-order valence-corrected chi connectivity index (χ2v) is 7.45. The molecule has 0 aromatic carbocycles. The molecular weight excluding hydrogens is 290 g/mol. The molecule has 0 aliphatic carbocycles. The van der Waals surface area contributed by atoms with Crippen molar-refractivity contribution >= 4 is 5.91 Å². The summed E-state index contributed by atoms with van der Waals surface area (Å²) in [7, 11) is 0. The van der Waals surface area contributed by atoms with Gasteiger partial charge < -0.3 is 10.4 Å². The molecule has 0 radical (unpaired) electrons. The molecule has 1 aromatic rings. The van der Waals surface area contributed by atoms with Crippen molar-refractivity contribution < 1.29 is 9.90 Å². The molecule has 0 aliphatic heterocycles. The first kappa shape index (κ1) is 19.7. The lowest BCUT2D eigenvalue weighted by Gasteiger charge is -2.33. The van der Waals surface area contributed by atoms with Crippen LogP contribution in [-0.2, 0) is 0 Å². The third kappa shape index (κ3) is 4.80. The van der Waals surface area contributed by atoms with Crippen molar-refractivity contribution in [1.29, 1.82) is 0 Å². The Morgan fingerprint density at radius 1 is 1.35 bits per heavy atom. The van der Waals surface area contributed by atoms with Crippen molar-refractivity contribution in [3.63, 3.8) is 0 Å². The lowest BCUT2D eigenvalue weighted by Crippen LogP contribution is -2.44. The van der Waals surface area contributed by atoms with Crippen LogP contribution >= 0.6 is 0 Å². The Morgan fingerprint density at radius 2 is 1.91 bits per heavy atom. The van der Waals surface area contributed by atoms with Gasteiger partial charge in [-0.25, -0.2) is 0 Å². The van der Waals surface area contributed by atoms with E-state index in [1.807, 2.05) is 45.4 Å². The molecule has 132 valence electrons. The molecule has 0 bridgehead atoms. The summed E-state index contributed by atoms with van der Waals surface area (Å²) in [6, 6.07) is 2.07. The van der Waals surface area contributed by atoms with Crippen LogP contribution in [0.3, 0.4) is 0 Å². The Morgan fingerprint density at radius 3 is 2.39 bits per heavy atom. The molecule has 0 spiro atoms. The van der Waals surface area contributed by atoms with Crippen LogP contribution in [0.4, 0.5) is 0 Å². The highest BCUT2D eigenvalue weighted by Gasteiger charge is 2.31. The van der Waals surface area contributed by atoms with E-state index in [-0.39, 0.29) is 23.3 Å². The van der Waals surface area contributed by atoms with Gasteiger partial charge in [-0.15, -0.1) is 0 Å². The summed E-state index contributed by atoms with van der Waals surface area (Å²) in [5.41, 5.74) is 1.08. The van der Waals surface area contributed by atoms with Crippen LogP contribution < -0.4 is 5.32 Å². The molecule has 1 amide bonds. The summed E-state index contributed by atoms with van der Waals surface area (Å²) in [6.07, 6.45) is 1.42. The molecule has 23 heavy (non-hydrogen) atoms. The Bertz CT molecular complexity index is 516. The van der Waals surface area contributed by atoms with Gasteiger partial charge in [0, 0.05) is 12.0 Å². The first-order valence-electron chi connectivity index (χ1n) is 8.66. The van der Waals surface area contributed by atoms with Crippen molar-refractivity contribution in [2.75, 3.05) is 6.54 Å². The van der Waals surface area contributed by atoms with Crippen molar-refractivity contribution in [2.45, 2.75) is 73.5 Å². The highest BCUT2D eigenvalue weighted by molar-refractivity contribution is 5.92. The van der Waals surface area contributed by atoms with E-state index in [4.69, 9.17) is 0 Å². The third-order valence-electron chi connectivity index (χ3n) is 4.52. The van der Waals surface area contributed by atoms with Crippen molar-refractivity contribution in [2.24, 2.45) is 11.3 Å². The fraction of sp³-hybridized carbons (Fsp3) is 0.778. The van der Waals surface area contributed by atoms with E-state index in [0.717, 1.165) is 18.5 Å². The number of carbonyl (C=O) groups excluding carboxylic acids is 1. The number of carbonyl (C=O) groups is 1. The molecule has 1 unspecified atom stereocenters. The fourth-order valence-corrected chi connectivity index (χ4v) is 3.00. The van der Waals surface area contributed by atoms with E-state index < -0.39 is 6.10 Å². The molecule has 1 heterocycles. The number of aliphatic hydroxyl groups excluding tert-OH is 1. The predicted molar refractivity (Wildman–Crippen MR) is 93.5 cm³/mol. The van der Waals surface area contributed by atoms with Gasteiger partial charge in [0.1, 0.15) is 5.69 Å². The minimum atomic E-state index is -0.464. The van der Waals surface area contributed by atoms with Gasteiger partial charge in [-0.05, 0) is 31.7 Å². The molecule has 0 saturated heterocycles. The van der Waals surface area contributed by atoms with Gasteiger partial charge in [0.25, 0.3) is 5.91 Å². The summed E-state index contributed by atoms with van der Waals surface area (Å²) in [4.78, 5) is 12.6.